The number of hydrogen-bond donors (Lipinski definition) is 0. The molecule has 0 bridgehead atoms. The Balaban J connectivity index is 4.16. The van der Waals surface area contributed by atoms with Crippen molar-refractivity contribution in [3.05, 3.63) is 0 Å². The summed E-state index contributed by atoms with van der Waals surface area (Å²) >= 11 is 3.63. The second-order valence-electron chi connectivity index (χ2n) is 3.24. The zero-order valence-corrected chi connectivity index (χ0v) is 11.7. The molecule has 0 heterocycles. The van der Waals surface area contributed by atoms with Gasteiger partial charge in [0.1, 0.15) is 0 Å². The van der Waals surface area contributed by atoms with Crippen molar-refractivity contribution in [2.75, 3.05) is 14.2 Å². The van der Waals surface area contributed by atoms with E-state index in [9.17, 15) is 0 Å². The van der Waals surface area contributed by atoms with E-state index in [0.29, 0.717) is 5.54 Å². The van der Waals surface area contributed by atoms with Gasteiger partial charge >= 0.3 is 7.18 Å². The van der Waals surface area contributed by atoms with E-state index in [1.807, 2.05) is 0 Å². The first kappa shape index (κ1) is 13.6. The maximum Gasteiger partial charge on any atom is 0.416 e. The van der Waals surface area contributed by atoms with Gasteiger partial charge in [-0.25, -0.2) is 0 Å². The van der Waals surface area contributed by atoms with Crippen molar-refractivity contribution in [1.82, 2.24) is 0 Å². The minimum absolute atomic E-state index is 0.558. The third-order valence-corrected chi connectivity index (χ3v) is 9.11. The van der Waals surface area contributed by atoms with Crippen molar-refractivity contribution in [2.24, 2.45) is 0 Å². The van der Waals surface area contributed by atoms with Gasteiger partial charge in [-0.05, 0) is 6.42 Å². The average molecular weight is 269 g/mol. The van der Waals surface area contributed by atoms with Gasteiger partial charge in [-0.3, -0.25) is 0 Å². The Hall–Kier alpha value is 0.617. The summed E-state index contributed by atoms with van der Waals surface area (Å²) in [4.78, 5) is 0. The lowest BCUT2D eigenvalue weighted by molar-refractivity contribution is 0.252. The van der Waals surface area contributed by atoms with Gasteiger partial charge in [0.2, 0.25) is 0 Å². The fourth-order valence-electron chi connectivity index (χ4n) is 1.49. The molecule has 2 nitrogen and oxygen atoms in total. The molecule has 80 valence electrons. The average Bonchev–Trinajstić information content (AvgIpc) is 2.18. The molecule has 0 saturated carbocycles. The number of rotatable bonds is 7. The van der Waals surface area contributed by atoms with E-state index in [-0.39, 0.29) is 0 Å². The molecule has 0 fully saturated rings. The Morgan fingerprint density at radius 3 is 2.08 bits per heavy atom. The van der Waals surface area contributed by atoms with Gasteiger partial charge in [0, 0.05) is 19.8 Å². The van der Waals surface area contributed by atoms with Gasteiger partial charge in [-0.2, -0.15) is 0 Å². The van der Waals surface area contributed by atoms with Crippen LogP contribution in [0.1, 0.15) is 39.5 Å². The number of halogens is 1. The predicted octanol–water partition coefficient (Wildman–Crippen LogP) is 3.58. The van der Waals surface area contributed by atoms with Crippen LogP contribution < -0.4 is 0 Å². The quantitative estimate of drug-likeness (QED) is 0.519. The van der Waals surface area contributed by atoms with Crippen LogP contribution >= 0.6 is 15.3 Å². The molecule has 0 rings (SSSR count). The summed E-state index contributed by atoms with van der Waals surface area (Å²) in [6, 6.07) is 0. The zero-order valence-electron chi connectivity index (χ0n) is 9.10. The molecular weight excluding hydrogens is 248 g/mol. The molecule has 0 aromatic heterocycles. The lowest BCUT2D eigenvalue weighted by Gasteiger charge is -2.28. The van der Waals surface area contributed by atoms with Gasteiger partial charge in [0.15, 0.2) is 0 Å². The van der Waals surface area contributed by atoms with Crippen molar-refractivity contribution in [2.45, 2.75) is 45.1 Å². The molecule has 0 radical (unpaired) electrons. The third kappa shape index (κ3) is 4.10. The van der Waals surface area contributed by atoms with Crippen LogP contribution in [0.25, 0.3) is 0 Å². The molecule has 0 aliphatic heterocycles. The molecule has 0 N–H and O–H groups in total. The Morgan fingerprint density at radius 2 is 1.77 bits per heavy atom. The largest absolute Gasteiger partial charge is 0.416 e. The standard InChI is InChI=1S/C9H21BrO2Si/c1-5-7-8-9(6-2)13(10,11-3)12-4/h9H,5-8H2,1-4H3. The molecule has 4 heteroatoms. The summed E-state index contributed by atoms with van der Waals surface area (Å²) in [6.07, 6.45) is 4.82. The third-order valence-electron chi connectivity index (χ3n) is 2.44. The van der Waals surface area contributed by atoms with E-state index in [4.69, 9.17) is 8.85 Å². The van der Waals surface area contributed by atoms with Crippen LogP contribution in [0.2, 0.25) is 5.54 Å². The second kappa shape index (κ2) is 6.98. The summed E-state index contributed by atoms with van der Waals surface area (Å²) in [5.74, 6) is 0. The summed E-state index contributed by atoms with van der Waals surface area (Å²) < 4.78 is 10.9. The summed E-state index contributed by atoms with van der Waals surface area (Å²) in [5, 5.41) is 0. The number of hydrogen-bond acceptors (Lipinski definition) is 2. The van der Waals surface area contributed by atoms with Crippen LogP contribution in [-0.4, -0.2) is 21.4 Å². The lowest BCUT2D eigenvalue weighted by atomic mass is 10.2. The van der Waals surface area contributed by atoms with Gasteiger partial charge in [0.05, 0.1) is 0 Å². The normalized spacial score (nSPS) is 14.5. The highest BCUT2D eigenvalue weighted by Gasteiger charge is 2.40. The smallest absolute Gasteiger partial charge is 0.390 e. The van der Waals surface area contributed by atoms with Crippen molar-refractivity contribution in [1.29, 1.82) is 0 Å². The molecule has 1 atom stereocenters. The molecule has 0 aliphatic carbocycles. The maximum atomic E-state index is 5.47. The zero-order chi connectivity index (χ0) is 10.3. The monoisotopic (exact) mass is 268 g/mol. The SMILES string of the molecule is CCCCC(CC)[Si](Br)(OC)OC. The molecule has 0 aliphatic rings. The lowest BCUT2D eigenvalue weighted by Crippen LogP contribution is -2.38. The van der Waals surface area contributed by atoms with Crippen LogP contribution in [-0.2, 0) is 8.85 Å². The minimum Gasteiger partial charge on any atom is -0.390 e. The molecule has 0 saturated heterocycles. The maximum absolute atomic E-state index is 5.47. The summed E-state index contributed by atoms with van der Waals surface area (Å²) in [7, 11) is 1.42. The Morgan fingerprint density at radius 1 is 1.23 bits per heavy atom. The van der Waals surface area contributed by atoms with E-state index >= 15 is 0 Å². The van der Waals surface area contributed by atoms with Crippen LogP contribution in [0.5, 0.6) is 0 Å². The van der Waals surface area contributed by atoms with E-state index in [0.717, 1.165) is 6.42 Å². The first-order valence-electron chi connectivity index (χ1n) is 4.93. The van der Waals surface area contributed by atoms with Gasteiger partial charge < -0.3 is 8.85 Å². The fraction of sp³-hybridized carbons (Fsp3) is 1.00. The van der Waals surface area contributed by atoms with E-state index in [1.165, 1.54) is 19.3 Å². The van der Waals surface area contributed by atoms with Crippen LogP contribution in [0.3, 0.4) is 0 Å². The fourth-order valence-corrected chi connectivity index (χ4v) is 5.02. The second-order valence-corrected chi connectivity index (χ2v) is 9.35. The summed E-state index contributed by atoms with van der Waals surface area (Å²) in [5.41, 5.74) is 0.558. The van der Waals surface area contributed by atoms with Crippen molar-refractivity contribution in [3.63, 3.8) is 0 Å². The molecule has 0 aromatic carbocycles. The van der Waals surface area contributed by atoms with E-state index < -0.39 is 7.18 Å². The summed E-state index contributed by atoms with van der Waals surface area (Å²) in [6.45, 7) is 4.41. The Labute approximate surface area is 90.8 Å². The molecule has 13 heavy (non-hydrogen) atoms. The molecule has 0 aromatic rings. The molecule has 0 amide bonds. The van der Waals surface area contributed by atoms with Gasteiger partial charge in [-0.1, -0.05) is 48.4 Å². The van der Waals surface area contributed by atoms with Crippen LogP contribution in [0.15, 0.2) is 0 Å². The highest BCUT2D eigenvalue weighted by atomic mass is 79.9. The first-order valence-corrected chi connectivity index (χ1v) is 9.08. The number of unbranched alkanes of at least 4 members (excludes halogenated alkanes) is 1. The molecular formula is C9H21BrO2Si. The van der Waals surface area contributed by atoms with E-state index in [2.05, 4.69) is 29.1 Å². The van der Waals surface area contributed by atoms with E-state index in [1.54, 1.807) is 14.2 Å². The van der Waals surface area contributed by atoms with Crippen molar-refractivity contribution >= 4 is 22.5 Å². The highest BCUT2D eigenvalue weighted by Crippen LogP contribution is 2.35. The van der Waals surface area contributed by atoms with Crippen molar-refractivity contribution in [3.8, 4) is 0 Å². The van der Waals surface area contributed by atoms with Crippen molar-refractivity contribution < 1.29 is 8.85 Å². The minimum atomic E-state index is -2.05. The molecule has 1 unspecified atom stereocenters. The van der Waals surface area contributed by atoms with Crippen LogP contribution in [0.4, 0.5) is 0 Å². The Bertz CT molecular complexity index is 129. The van der Waals surface area contributed by atoms with Gasteiger partial charge in [0.25, 0.3) is 0 Å². The van der Waals surface area contributed by atoms with Gasteiger partial charge in [-0.15, -0.1) is 0 Å². The topological polar surface area (TPSA) is 18.5 Å². The van der Waals surface area contributed by atoms with Crippen LogP contribution in [0, 0.1) is 0 Å². The first-order chi connectivity index (χ1) is 6.14. The highest BCUT2D eigenvalue weighted by molar-refractivity contribution is 9.25. The predicted molar refractivity (Wildman–Crippen MR) is 62.3 cm³/mol. The Kier molecular flexibility index (Phi) is 7.31. The molecule has 0 spiro atoms.